The third-order valence-electron chi connectivity index (χ3n) is 5.62. The molecule has 0 saturated carbocycles. The molecule has 0 aliphatic carbocycles. The van der Waals surface area contributed by atoms with Crippen molar-refractivity contribution in [3.05, 3.63) is 53.4 Å². The Labute approximate surface area is 178 Å². The molecule has 1 atom stereocenters. The molecule has 164 valence electrons. The predicted octanol–water partition coefficient (Wildman–Crippen LogP) is 2.19. The van der Waals surface area contributed by atoms with E-state index in [-0.39, 0.29) is 48.1 Å². The monoisotopic (exact) mass is 448 g/mol. The first kappa shape index (κ1) is 21.2. The number of carbonyl (C=O) groups is 1. The number of sulfonamides is 1. The Morgan fingerprint density at radius 3 is 2.55 bits per heavy atom. The van der Waals surface area contributed by atoms with Crippen LogP contribution in [0.15, 0.2) is 44.3 Å². The second-order valence-electron chi connectivity index (χ2n) is 7.75. The summed E-state index contributed by atoms with van der Waals surface area (Å²) in [5.74, 6) is -0.419. The standard InChI is InChI=1S/C20H21FN4O5S/c1-12-18(13(2)29-23-12)31(27,28)25-8-7-20(11-25,19(22)26)10-16-9-17(24-30-16)14-3-5-15(21)6-4-14/h3-6,9H,7-8,10-11H2,1-2H3,(H2,22,26)/t20-/m1/s1. The Bertz CT molecular complexity index is 1220. The van der Waals surface area contributed by atoms with Crippen LogP contribution < -0.4 is 5.73 Å². The number of hydrogen-bond donors (Lipinski definition) is 1. The molecule has 1 aliphatic heterocycles. The normalized spacial score (nSPS) is 19.7. The molecule has 31 heavy (non-hydrogen) atoms. The zero-order chi connectivity index (χ0) is 22.4. The van der Waals surface area contributed by atoms with Gasteiger partial charge in [0.1, 0.15) is 27.9 Å². The zero-order valence-corrected chi connectivity index (χ0v) is 17.8. The van der Waals surface area contributed by atoms with E-state index >= 15 is 0 Å². The minimum absolute atomic E-state index is 0.00558. The molecule has 0 spiro atoms. The van der Waals surface area contributed by atoms with Crippen LogP contribution in [0.3, 0.4) is 0 Å². The minimum Gasteiger partial charge on any atom is -0.369 e. The third-order valence-corrected chi connectivity index (χ3v) is 7.71. The maximum Gasteiger partial charge on any atom is 0.248 e. The first-order chi connectivity index (χ1) is 14.6. The lowest BCUT2D eigenvalue weighted by molar-refractivity contribution is -0.127. The van der Waals surface area contributed by atoms with Crippen molar-refractivity contribution in [1.82, 2.24) is 14.6 Å². The summed E-state index contributed by atoms with van der Waals surface area (Å²) in [7, 11) is -3.91. The van der Waals surface area contributed by atoms with Gasteiger partial charge in [-0.3, -0.25) is 4.79 Å². The first-order valence-corrected chi connectivity index (χ1v) is 11.0. The van der Waals surface area contributed by atoms with E-state index in [1.807, 2.05) is 0 Å². The molecular weight excluding hydrogens is 427 g/mol. The molecule has 1 fully saturated rings. The van der Waals surface area contributed by atoms with Crippen molar-refractivity contribution in [3.8, 4) is 11.3 Å². The van der Waals surface area contributed by atoms with E-state index in [4.69, 9.17) is 14.8 Å². The maximum absolute atomic E-state index is 13.1. The van der Waals surface area contributed by atoms with Crippen molar-refractivity contribution in [3.63, 3.8) is 0 Å². The molecular formula is C20H21FN4O5S. The van der Waals surface area contributed by atoms with E-state index in [9.17, 15) is 17.6 Å². The van der Waals surface area contributed by atoms with Crippen LogP contribution in [0.4, 0.5) is 4.39 Å². The number of carbonyl (C=O) groups excluding carboxylic acids is 1. The van der Waals surface area contributed by atoms with Crippen LogP contribution in [0, 0.1) is 25.1 Å². The molecule has 1 aliphatic rings. The molecule has 1 amide bonds. The van der Waals surface area contributed by atoms with Crippen LogP contribution in [0.2, 0.25) is 0 Å². The summed E-state index contributed by atoms with van der Waals surface area (Å²) in [4.78, 5) is 12.4. The van der Waals surface area contributed by atoms with Crippen LogP contribution >= 0.6 is 0 Å². The van der Waals surface area contributed by atoms with Gasteiger partial charge in [0.15, 0.2) is 5.76 Å². The minimum atomic E-state index is -3.91. The number of aryl methyl sites for hydroxylation is 2. The van der Waals surface area contributed by atoms with Crippen LogP contribution in [0.5, 0.6) is 0 Å². The number of halogens is 1. The van der Waals surface area contributed by atoms with Crippen molar-refractivity contribution in [2.75, 3.05) is 13.1 Å². The fourth-order valence-electron chi connectivity index (χ4n) is 3.93. The smallest absolute Gasteiger partial charge is 0.248 e. The Morgan fingerprint density at radius 1 is 1.23 bits per heavy atom. The second-order valence-corrected chi connectivity index (χ2v) is 9.62. The van der Waals surface area contributed by atoms with E-state index in [0.717, 1.165) is 0 Å². The topological polar surface area (TPSA) is 133 Å². The van der Waals surface area contributed by atoms with Crippen LogP contribution in [0.1, 0.15) is 23.6 Å². The number of aromatic nitrogens is 2. The number of nitrogens with zero attached hydrogens (tertiary/aromatic N) is 3. The largest absolute Gasteiger partial charge is 0.369 e. The lowest BCUT2D eigenvalue weighted by Gasteiger charge is -2.24. The van der Waals surface area contributed by atoms with Gasteiger partial charge in [-0.25, -0.2) is 12.8 Å². The highest BCUT2D eigenvalue weighted by Crippen LogP contribution is 2.38. The molecule has 2 aromatic heterocycles. The molecule has 2 N–H and O–H groups in total. The van der Waals surface area contributed by atoms with Gasteiger partial charge in [0.05, 0.1) is 5.41 Å². The van der Waals surface area contributed by atoms with E-state index in [1.165, 1.54) is 23.4 Å². The molecule has 4 rings (SSSR count). The van der Waals surface area contributed by atoms with Crippen molar-refractivity contribution < 1.29 is 26.6 Å². The molecule has 0 bridgehead atoms. The SMILES string of the molecule is Cc1noc(C)c1S(=O)(=O)N1CC[C@](Cc2cc(-c3ccc(F)cc3)no2)(C(N)=O)C1. The summed E-state index contributed by atoms with van der Waals surface area (Å²) in [5.41, 5.74) is 5.95. The van der Waals surface area contributed by atoms with Crippen molar-refractivity contribution in [2.24, 2.45) is 11.1 Å². The summed E-state index contributed by atoms with van der Waals surface area (Å²) in [6, 6.07) is 7.39. The Balaban J connectivity index is 1.59. The zero-order valence-electron chi connectivity index (χ0n) is 17.0. The fourth-order valence-corrected chi connectivity index (χ4v) is 5.75. The Kier molecular flexibility index (Phi) is 5.18. The third kappa shape index (κ3) is 3.74. The average molecular weight is 448 g/mol. The summed E-state index contributed by atoms with van der Waals surface area (Å²) >= 11 is 0. The van der Waals surface area contributed by atoms with Gasteiger partial charge in [-0.1, -0.05) is 10.3 Å². The second kappa shape index (κ2) is 7.57. The lowest BCUT2D eigenvalue weighted by Crippen LogP contribution is -2.42. The van der Waals surface area contributed by atoms with Crippen molar-refractivity contribution in [2.45, 2.75) is 31.6 Å². The summed E-state index contributed by atoms with van der Waals surface area (Å²) < 4.78 is 51.0. The maximum atomic E-state index is 13.1. The van der Waals surface area contributed by atoms with E-state index in [0.29, 0.717) is 17.0 Å². The first-order valence-electron chi connectivity index (χ1n) is 9.57. The molecule has 0 radical (unpaired) electrons. The summed E-state index contributed by atoms with van der Waals surface area (Å²) in [6.45, 7) is 3.09. The quantitative estimate of drug-likeness (QED) is 0.611. The molecule has 3 heterocycles. The molecule has 3 aromatic rings. The average Bonchev–Trinajstić information content (AvgIpc) is 3.43. The number of hydrogen-bond acceptors (Lipinski definition) is 7. The van der Waals surface area contributed by atoms with Gasteiger partial charge in [-0.2, -0.15) is 4.31 Å². The van der Waals surface area contributed by atoms with E-state index in [2.05, 4.69) is 10.3 Å². The highest BCUT2D eigenvalue weighted by molar-refractivity contribution is 7.89. The van der Waals surface area contributed by atoms with Gasteiger partial charge in [0.25, 0.3) is 0 Å². The molecule has 1 saturated heterocycles. The number of nitrogens with two attached hydrogens (primary N) is 1. The Hall–Kier alpha value is -3.05. The number of primary amides is 1. The number of benzene rings is 1. The van der Waals surface area contributed by atoms with Crippen LogP contribution in [-0.4, -0.2) is 42.0 Å². The highest BCUT2D eigenvalue weighted by Gasteiger charge is 2.48. The van der Waals surface area contributed by atoms with Gasteiger partial charge in [0.2, 0.25) is 15.9 Å². The molecule has 11 heteroatoms. The van der Waals surface area contributed by atoms with Gasteiger partial charge in [-0.15, -0.1) is 0 Å². The van der Waals surface area contributed by atoms with Crippen LogP contribution in [0.25, 0.3) is 11.3 Å². The van der Waals surface area contributed by atoms with Gasteiger partial charge < -0.3 is 14.8 Å². The molecule has 9 nitrogen and oxygen atoms in total. The number of amides is 1. The lowest BCUT2D eigenvalue weighted by atomic mass is 9.82. The van der Waals surface area contributed by atoms with Crippen molar-refractivity contribution in [1.29, 1.82) is 0 Å². The van der Waals surface area contributed by atoms with Crippen LogP contribution in [-0.2, 0) is 21.2 Å². The summed E-state index contributed by atoms with van der Waals surface area (Å²) in [5, 5.41) is 7.69. The fraction of sp³-hybridized carbons (Fsp3) is 0.350. The van der Waals surface area contributed by atoms with Gasteiger partial charge >= 0.3 is 0 Å². The van der Waals surface area contributed by atoms with Gasteiger partial charge in [0, 0.05) is 31.1 Å². The van der Waals surface area contributed by atoms with Gasteiger partial charge in [-0.05, 0) is 44.5 Å². The van der Waals surface area contributed by atoms with Crippen molar-refractivity contribution >= 4 is 15.9 Å². The highest BCUT2D eigenvalue weighted by atomic mass is 32.2. The van der Waals surface area contributed by atoms with E-state index in [1.54, 1.807) is 25.1 Å². The predicted molar refractivity (Wildman–Crippen MR) is 107 cm³/mol. The molecule has 0 unspecified atom stereocenters. The number of rotatable bonds is 6. The van der Waals surface area contributed by atoms with E-state index < -0.39 is 21.3 Å². The molecule has 1 aromatic carbocycles. The Morgan fingerprint density at radius 2 is 1.94 bits per heavy atom. The summed E-state index contributed by atoms with van der Waals surface area (Å²) in [6.07, 6.45) is 0.321.